The van der Waals surface area contributed by atoms with E-state index in [1.165, 1.54) is 29.5 Å². The average molecular weight is 341 g/mol. The van der Waals surface area contributed by atoms with E-state index in [4.69, 9.17) is 0 Å². The molecule has 1 aliphatic carbocycles. The second-order valence-electron chi connectivity index (χ2n) is 7.73. The Kier molecular flexibility index (Phi) is 5.48. The molecule has 1 amide bonds. The van der Waals surface area contributed by atoms with E-state index in [1.54, 1.807) is 0 Å². The van der Waals surface area contributed by atoms with Gasteiger partial charge in [-0.1, -0.05) is 0 Å². The standard InChI is InChI=1S/C21H31N3O/c1-14(2)24(15(3)4)12-11-22-21(25)16-9-10-20-18(13-16)17-7-5-6-8-19(17)23-20/h9-10,13-15,23H,5-8,11-12H2,1-4H3,(H,22,25). The van der Waals surface area contributed by atoms with Crippen molar-refractivity contribution in [1.82, 2.24) is 15.2 Å². The Bertz CT molecular complexity index is 737. The number of aromatic amines is 1. The maximum Gasteiger partial charge on any atom is 0.251 e. The van der Waals surface area contributed by atoms with Crippen LogP contribution in [-0.4, -0.2) is 41.0 Å². The van der Waals surface area contributed by atoms with Crippen molar-refractivity contribution < 1.29 is 4.79 Å². The first-order chi connectivity index (χ1) is 12.0. The van der Waals surface area contributed by atoms with Crippen LogP contribution < -0.4 is 5.32 Å². The molecule has 3 rings (SSSR count). The summed E-state index contributed by atoms with van der Waals surface area (Å²) in [5.41, 5.74) is 4.71. The molecular weight excluding hydrogens is 310 g/mol. The summed E-state index contributed by atoms with van der Waals surface area (Å²) in [4.78, 5) is 18.5. The summed E-state index contributed by atoms with van der Waals surface area (Å²) in [5, 5.41) is 4.32. The summed E-state index contributed by atoms with van der Waals surface area (Å²) in [7, 11) is 0. The topological polar surface area (TPSA) is 48.1 Å². The minimum Gasteiger partial charge on any atom is -0.358 e. The second-order valence-corrected chi connectivity index (χ2v) is 7.73. The lowest BCUT2D eigenvalue weighted by Crippen LogP contribution is -2.42. The Morgan fingerprint density at radius 3 is 2.60 bits per heavy atom. The maximum absolute atomic E-state index is 12.6. The molecule has 4 heteroatoms. The highest BCUT2D eigenvalue weighted by Crippen LogP contribution is 2.29. The molecule has 1 aliphatic rings. The van der Waals surface area contributed by atoms with Crippen LogP contribution in [-0.2, 0) is 12.8 Å². The number of benzene rings is 1. The van der Waals surface area contributed by atoms with E-state index in [0.29, 0.717) is 18.6 Å². The fourth-order valence-electron chi connectivity index (χ4n) is 4.06. The Balaban J connectivity index is 1.68. The lowest BCUT2D eigenvalue weighted by atomic mass is 9.95. The van der Waals surface area contributed by atoms with Crippen molar-refractivity contribution in [3.63, 3.8) is 0 Å². The zero-order valence-corrected chi connectivity index (χ0v) is 16.0. The van der Waals surface area contributed by atoms with Gasteiger partial charge in [0.25, 0.3) is 5.91 Å². The predicted octanol–water partition coefficient (Wildman–Crippen LogP) is 3.90. The highest BCUT2D eigenvalue weighted by molar-refractivity contribution is 5.99. The number of aromatic nitrogens is 1. The zero-order valence-electron chi connectivity index (χ0n) is 16.0. The molecule has 1 aromatic carbocycles. The van der Waals surface area contributed by atoms with Crippen molar-refractivity contribution in [2.75, 3.05) is 13.1 Å². The van der Waals surface area contributed by atoms with Crippen molar-refractivity contribution in [1.29, 1.82) is 0 Å². The molecule has 2 aromatic rings. The number of carbonyl (C=O) groups excluding carboxylic acids is 1. The molecule has 0 unspecified atom stereocenters. The van der Waals surface area contributed by atoms with Gasteiger partial charge in [-0.05, 0) is 77.1 Å². The van der Waals surface area contributed by atoms with E-state index in [2.05, 4.69) is 55.0 Å². The monoisotopic (exact) mass is 341 g/mol. The highest BCUT2D eigenvalue weighted by atomic mass is 16.1. The molecule has 0 fully saturated rings. The largest absolute Gasteiger partial charge is 0.358 e. The zero-order chi connectivity index (χ0) is 18.0. The van der Waals surface area contributed by atoms with Gasteiger partial charge in [-0.2, -0.15) is 0 Å². The van der Waals surface area contributed by atoms with Gasteiger partial charge in [0, 0.05) is 47.3 Å². The summed E-state index contributed by atoms with van der Waals surface area (Å²) in [5.74, 6) is 0.0279. The molecule has 0 saturated carbocycles. The summed E-state index contributed by atoms with van der Waals surface area (Å²) in [6, 6.07) is 7.02. The number of nitrogens with one attached hydrogen (secondary N) is 2. The Labute approximate surface area is 151 Å². The van der Waals surface area contributed by atoms with Gasteiger partial charge in [-0.15, -0.1) is 0 Å². The van der Waals surface area contributed by atoms with Crippen molar-refractivity contribution in [2.45, 2.75) is 65.5 Å². The molecule has 136 valence electrons. The SMILES string of the molecule is CC(C)N(CCNC(=O)c1ccc2[nH]c3c(c2c1)CCCC3)C(C)C. The smallest absolute Gasteiger partial charge is 0.251 e. The molecule has 2 N–H and O–H groups in total. The van der Waals surface area contributed by atoms with Gasteiger partial charge in [0.2, 0.25) is 0 Å². The highest BCUT2D eigenvalue weighted by Gasteiger charge is 2.17. The first kappa shape index (κ1) is 18.0. The lowest BCUT2D eigenvalue weighted by molar-refractivity contribution is 0.0939. The van der Waals surface area contributed by atoms with Crippen LogP contribution in [0.15, 0.2) is 18.2 Å². The van der Waals surface area contributed by atoms with E-state index >= 15 is 0 Å². The molecule has 4 nitrogen and oxygen atoms in total. The number of H-pyrrole nitrogens is 1. The molecule has 0 bridgehead atoms. The summed E-state index contributed by atoms with van der Waals surface area (Å²) in [6.45, 7) is 10.4. The van der Waals surface area contributed by atoms with Crippen LogP contribution in [0.2, 0.25) is 0 Å². The number of amides is 1. The van der Waals surface area contributed by atoms with E-state index in [1.807, 2.05) is 6.07 Å². The number of carbonyl (C=O) groups is 1. The molecule has 0 saturated heterocycles. The number of aryl methyl sites for hydroxylation is 2. The second kappa shape index (κ2) is 7.61. The van der Waals surface area contributed by atoms with Crippen LogP contribution in [0.4, 0.5) is 0 Å². The minimum absolute atomic E-state index is 0.0279. The Morgan fingerprint density at radius 1 is 1.16 bits per heavy atom. The number of fused-ring (bicyclic) bond motifs is 3. The third-order valence-electron chi connectivity index (χ3n) is 5.34. The fraction of sp³-hybridized carbons (Fsp3) is 0.571. The third kappa shape index (κ3) is 3.90. The predicted molar refractivity (Wildman–Crippen MR) is 104 cm³/mol. The van der Waals surface area contributed by atoms with Gasteiger partial charge in [-0.25, -0.2) is 0 Å². The van der Waals surface area contributed by atoms with Gasteiger partial charge < -0.3 is 10.3 Å². The first-order valence-electron chi connectivity index (χ1n) is 9.64. The number of nitrogens with zero attached hydrogens (tertiary/aromatic N) is 1. The summed E-state index contributed by atoms with van der Waals surface area (Å²) < 4.78 is 0. The van der Waals surface area contributed by atoms with Crippen LogP contribution >= 0.6 is 0 Å². The third-order valence-corrected chi connectivity index (χ3v) is 5.34. The molecule has 1 aromatic heterocycles. The molecule has 0 atom stereocenters. The molecular formula is C21H31N3O. The first-order valence-corrected chi connectivity index (χ1v) is 9.64. The van der Waals surface area contributed by atoms with E-state index in [-0.39, 0.29) is 5.91 Å². The van der Waals surface area contributed by atoms with E-state index in [0.717, 1.165) is 30.5 Å². The van der Waals surface area contributed by atoms with E-state index < -0.39 is 0 Å². The quantitative estimate of drug-likeness (QED) is 0.837. The fourth-order valence-corrected chi connectivity index (χ4v) is 4.06. The van der Waals surface area contributed by atoms with Gasteiger partial charge in [0.15, 0.2) is 0 Å². The average Bonchev–Trinajstić information content (AvgIpc) is 2.95. The molecule has 0 radical (unpaired) electrons. The van der Waals surface area contributed by atoms with Crippen LogP contribution in [0.3, 0.4) is 0 Å². The van der Waals surface area contributed by atoms with Crippen LogP contribution in [0, 0.1) is 0 Å². The van der Waals surface area contributed by atoms with Crippen molar-refractivity contribution >= 4 is 16.8 Å². The number of hydrogen-bond acceptors (Lipinski definition) is 2. The van der Waals surface area contributed by atoms with Gasteiger partial charge in [0.1, 0.15) is 0 Å². The Hall–Kier alpha value is -1.81. The van der Waals surface area contributed by atoms with Crippen molar-refractivity contribution in [3.05, 3.63) is 35.0 Å². The molecule has 25 heavy (non-hydrogen) atoms. The maximum atomic E-state index is 12.6. The van der Waals surface area contributed by atoms with Crippen LogP contribution in [0.25, 0.3) is 10.9 Å². The van der Waals surface area contributed by atoms with Crippen LogP contribution in [0.1, 0.15) is 62.2 Å². The van der Waals surface area contributed by atoms with Crippen LogP contribution in [0.5, 0.6) is 0 Å². The number of hydrogen-bond donors (Lipinski definition) is 2. The molecule has 1 heterocycles. The summed E-state index contributed by atoms with van der Waals surface area (Å²) in [6.07, 6.45) is 4.76. The minimum atomic E-state index is 0.0279. The summed E-state index contributed by atoms with van der Waals surface area (Å²) >= 11 is 0. The normalized spacial score (nSPS) is 14.5. The molecule has 0 aliphatic heterocycles. The van der Waals surface area contributed by atoms with Crippen molar-refractivity contribution in [3.8, 4) is 0 Å². The molecule has 0 spiro atoms. The van der Waals surface area contributed by atoms with Gasteiger partial charge in [0.05, 0.1) is 0 Å². The Morgan fingerprint density at radius 2 is 1.88 bits per heavy atom. The number of rotatable bonds is 6. The van der Waals surface area contributed by atoms with E-state index in [9.17, 15) is 4.79 Å². The van der Waals surface area contributed by atoms with Crippen molar-refractivity contribution in [2.24, 2.45) is 0 Å². The van der Waals surface area contributed by atoms with Gasteiger partial charge in [-0.3, -0.25) is 9.69 Å². The lowest BCUT2D eigenvalue weighted by Gasteiger charge is -2.30. The van der Waals surface area contributed by atoms with Gasteiger partial charge >= 0.3 is 0 Å².